The van der Waals surface area contributed by atoms with Crippen LogP contribution in [0.15, 0.2) is 52.8 Å². The predicted octanol–water partition coefficient (Wildman–Crippen LogP) is 2.54. The third kappa shape index (κ3) is 7.58. The molecule has 0 unspecified atom stereocenters. The molecule has 0 amide bonds. The molecule has 4 N–H and O–H groups in total. The summed E-state index contributed by atoms with van der Waals surface area (Å²) in [6.07, 6.45) is 7.73. The van der Waals surface area contributed by atoms with Crippen molar-refractivity contribution in [1.82, 2.24) is 26.2 Å². The van der Waals surface area contributed by atoms with Gasteiger partial charge in [0.15, 0.2) is 5.96 Å². The summed E-state index contributed by atoms with van der Waals surface area (Å²) in [7, 11) is 5.69. The number of hydrogen-bond donors (Lipinski definition) is 4. The van der Waals surface area contributed by atoms with Crippen molar-refractivity contribution in [3.8, 4) is 0 Å². The van der Waals surface area contributed by atoms with E-state index in [2.05, 4.69) is 53.3 Å². The fourth-order valence-electron chi connectivity index (χ4n) is 2.55. The molecule has 0 spiro atoms. The third-order valence-corrected chi connectivity index (χ3v) is 5.05. The lowest BCUT2D eigenvalue weighted by Crippen LogP contribution is -2.55. The molecule has 0 aromatic rings. The minimum atomic E-state index is 0.209. The van der Waals surface area contributed by atoms with E-state index in [4.69, 9.17) is 0 Å². The number of nitrogens with zero attached hydrogens (tertiary/aromatic N) is 2. The Balaban J connectivity index is 2.85. The SMILES string of the molecule is C=CNC(=C)/C=C(/S/C=C\NC)N(C)/C(=N\C)N[C@H]1CCC(C)(C)NC1. The standard InChI is InChI=1S/C19H34N6S/c1-8-22-15(2)13-17(26-12-11-20-5)25(7)18(21-6)24-16-9-10-19(3,4)23-14-16/h8,11-13,16,20,22-23H,1-2,9-10,14H2,3-7H3,(H,21,24)/b12-11-,17-13+/t16-/m0/s1. The van der Waals surface area contributed by atoms with Crippen LogP contribution < -0.4 is 21.3 Å². The van der Waals surface area contributed by atoms with Crippen LogP contribution in [0.3, 0.4) is 0 Å². The van der Waals surface area contributed by atoms with E-state index in [1.165, 1.54) is 0 Å². The first-order chi connectivity index (χ1) is 12.3. The van der Waals surface area contributed by atoms with Gasteiger partial charge in [-0.15, -0.1) is 0 Å². The molecule has 0 aromatic heterocycles. The van der Waals surface area contributed by atoms with Gasteiger partial charge in [-0.3, -0.25) is 4.99 Å². The predicted molar refractivity (Wildman–Crippen MR) is 116 cm³/mol. The van der Waals surface area contributed by atoms with Crippen LogP contribution >= 0.6 is 11.8 Å². The number of rotatable bonds is 8. The number of thioether (sulfide) groups is 1. The number of allylic oxidation sites excluding steroid dienone is 1. The monoisotopic (exact) mass is 378 g/mol. The molecular formula is C19H34N6S. The Labute approximate surface area is 163 Å². The van der Waals surface area contributed by atoms with Gasteiger partial charge in [0.25, 0.3) is 0 Å². The van der Waals surface area contributed by atoms with Gasteiger partial charge in [0, 0.05) is 51.2 Å². The number of piperidine rings is 1. The van der Waals surface area contributed by atoms with Gasteiger partial charge in [0.1, 0.15) is 0 Å². The van der Waals surface area contributed by atoms with Crippen molar-refractivity contribution in [2.75, 3.05) is 27.7 Å². The van der Waals surface area contributed by atoms with Gasteiger partial charge in [0.2, 0.25) is 0 Å². The van der Waals surface area contributed by atoms with Gasteiger partial charge in [0.05, 0.1) is 5.03 Å². The van der Waals surface area contributed by atoms with Gasteiger partial charge >= 0.3 is 0 Å². The number of hydrogen-bond acceptors (Lipinski definition) is 5. The summed E-state index contributed by atoms with van der Waals surface area (Å²) in [6, 6.07) is 0.359. The van der Waals surface area contributed by atoms with Crippen molar-refractivity contribution in [3.05, 3.63) is 47.8 Å². The Bertz CT molecular complexity index is 554. The van der Waals surface area contributed by atoms with Gasteiger partial charge in [-0.05, 0) is 44.4 Å². The summed E-state index contributed by atoms with van der Waals surface area (Å²) in [5.74, 6) is 0.833. The van der Waals surface area contributed by atoms with E-state index in [1.54, 1.807) is 18.0 Å². The van der Waals surface area contributed by atoms with E-state index in [1.807, 2.05) is 43.7 Å². The second kappa shape index (κ2) is 11.0. The molecule has 1 rings (SSSR count). The normalized spacial score (nSPS) is 20.6. The maximum atomic E-state index is 4.46. The first-order valence-electron chi connectivity index (χ1n) is 8.82. The highest BCUT2D eigenvalue weighted by atomic mass is 32.2. The second-order valence-electron chi connectivity index (χ2n) is 6.82. The molecule has 1 aliphatic rings. The molecule has 0 radical (unpaired) electrons. The minimum absolute atomic E-state index is 0.209. The van der Waals surface area contributed by atoms with Crippen molar-refractivity contribution in [3.63, 3.8) is 0 Å². The molecule has 0 bridgehead atoms. The van der Waals surface area contributed by atoms with Crippen molar-refractivity contribution in [2.24, 2.45) is 4.99 Å². The van der Waals surface area contributed by atoms with E-state index in [-0.39, 0.29) is 5.54 Å². The summed E-state index contributed by atoms with van der Waals surface area (Å²) >= 11 is 1.59. The van der Waals surface area contributed by atoms with Crippen molar-refractivity contribution in [1.29, 1.82) is 0 Å². The molecule has 6 nitrogen and oxygen atoms in total. The molecule has 1 atom stereocenters. The van der Waals surface area contributed by atoms with Gasteiger partial charge in [-0.25, -0.2) is 0 Å². The van der Waals surface area contributed by atoms with Crippen LogP contribution in [0.1, 0.15) is 26.7 Å². The molecule has 7 heteroatoms. The maximum absolute atomic E-state index is 4.46. The molecule has 146 valence electrons. The molecule has 0 saturated carbocycles. The first kappa shape index (κ1) is 22.2. The number of nitrogens with one attached hydrogen (secondary N) is 4. The van der Waals surface area contributed by atoms with E-state index >= 15 is 0 Å². The molecular weight excluding hydrogens is 344 g/mol. The van der Waals surface area contributed by atoms with E-state index < -0.39 is 0 Å². The van der Waals surface area contributed by atoms with Crippen molar-refractivity contribution in [2.45, 2.75) is 38.3 Å². The number of guanidine groups is 1. The number of aliphatic imine (C=N–C) groups is 1. The fraction of sp³-hybridized carbons (Fsp3) is 0.526. The average Bonchev–Trinajstić information content (AvgIpc) is 2.60. The zero-order chi connectivity index (χ0) is 19.6. The molecule has 1 saturated heterocycles. The average molecular weight is 379 g/mol. The molecule has 1 fully saturated rings. The summed E-state index contributed by atoms with van der Waals surface area (Å²) in [5, 5.41) is 16.1. The van der Waals surface area contributed by atoms with Gasteiger partial charge < -0.3 is 26.2 Å². The topological polar surface area (TPSA) is 63.7 Å². The largest absolute Gasteiger partial charge is 0.394 e. The fourth-order valence-corrected chi connectivity index (χ4v) is 3.35. The van der Waals surface area contributed by atoms with Crippen LogP contribution in [-0.2, 0) is 0 Å². The minimum Gasteiger partial charge on any atom is -0.394 e. The molecule has 26 heavy (non-hydrogen) atoms. The zero-order valence-electron chi connectivity index (χ0n) is 16.7. The van der Waals surface area contributed by atoms with Crippen molar-refractivity contribution < 1.29 is 0 Å². The van der Waals surface area contributed by atoms with Crippen LogP contribution in [0.5, 0.6) is 0 Å². The lowest BCUT2D eigenvalue weighted by Gasteiger charge is -2.37. The van der Waals surface area contributed by atoms with Crippen LogP contribution in [0.2, 0.25) is 0 Å². The Morgan fingerprint density at radius 2 is 2.15 bits per heavy atom. The highest BCUT2D eigenvalue weighted by molar-refractivity contribution is 8.05. The molecule has 1 heterocycles. The summed E-state index contributed by atoms with van der Waals surface area (Å²) < 4.78 is 0. The lowest BCUT2D eigenvalue weighted by molar-refractivity contribution is 0.268. The third-order valence-electron chi connectivity index (χ3n) is 4.15. The molecule has 0 aromatic carbocycles. The Hall–Kier alpha value is -1.86. The molecule has 0 aliphatic carbocycles. The summed E-state index contributed by atoms with van der Waals surface area (Å²) in [6.45, 7) is 13.1. The van der Waals surface area contributed by atoms with Gasteiger partial charge in [-0.1, -0.05) is 24.9 Å². The maximum Gasteiger partial charge on any atom is 0.198 e. The van der Waals surface area contributed by atoms with E-state index in [0.29, 0.717) is 6.04 Å². The zero-order valence-corrected chi connectivity index (χ0v) is 17.5. The van der Waals surface area contributed by atoms with Crippen LogP contribution in [0, 0.1) is 0 Å². The Morgan fingerprint density at radius 3 is 2.69 bits per heavy atom. The molecule has 1 aliphatic heterocycles. The Kier molecular flexibility index (Phi) is 9.37. The summed E-state index contributed by atoms with van der Waals surface area (Å²) in [4.78, 5) is 6.50. The van der Waals surface area contributed by atoms with Crippen molar-refractivity contribution >= 4 is 17.7 Å². The second-order valence-corrected chi connectivity index (χ2v) is 7.74. The van der Waals surface area contributed by atoms with Crippen LogP contribution in [0.4, 0.5) is 0 Å². The lowest BCUT2D eigenvalue weighted by atomic mass is 9.91. The van der Waals surface area contributed by atoms with Gasteiger partial charge in [-0.2, -0.15) is 0 Å². The first-order valence-corrected chi connectivity index (χ1v) is 9.70. The van der Waals surface area contributed by atoms with E-state index in [9.17, 15) is 0 Å². The Morgan fingerprint density at radius 1 is 1.42 bits per heavy atom. The van der Waals surface area contributed by atoms with Crippen LogP contribution in [-0.4, -0.2) is 50.1 Å². The quantitative estimate of drug-likeness (QED) is 0.296. The highest BCUT2D eigenvalue weighted by Gasteiger charge is 2.27. The van der Waals surface area contributed by atoms with Crippen LogP contribution in [0.25, 0.3) is 0 Å². The summed E-state index contributed by atoms with van der Waals surface area (Å²) in [5.41, 5.74) is 0.976. The smallest absolute Gasteiger partial charge is 0.198 e. The van der Waals surface area contributed by atoms with E-state index in [0.717, 1.165) is 36.1 Å². The highest BCUT2D eigenvalue weighted by Crippen LogP contribution is 2.23.